The van der Waals surface area contributed by atoms with Crippen molar-refractivity contribution in [3.8, 4) is 0 Å². The van der Waals surface area contributed by atoms with Gasteiger partial charge in [0.15, 0.2) is 0 Å². The third kappa shape index (κ3) is 5.70. The Morgan fingerprint density at radius 1 is 0.941 bits per heavy atom. The van der Waals surface area contributed by atoms with E-state index in [4.69, 9.17) is 0 Å². The Bertz CT molecular complexity index is 208. The zero-order valence-corrected chi connectivity index (χ0v) is 11.8. The predicted molar refractivity (Wildman–Crippen MR) is 74.1 cm³/mol. The first-order chi connectivity index (χ1) is 8.27. The molecule has 0 spiro atoms. The lowest BCUT2D eigenvalue weighted by molar-refractivity contribution is -0.119. The van der Waals surface area contributed by atoms with Crippen LogP contribution in [0.15, 0.2) is 0 Å². The van der Waals surface area contributed by atoms with Crippen LogP contribution < -0.4 is 0 Å². The van der Waals surface area contributed by atoms with Crippen LogP contribution in [0.4, 0.5) is 0 Å². The van der Waals surface area contributed by atoms with Gasteiger partial charge in [-0.1, -0.05) is 58.8 Å². The van der Waals surface area contributed by atoms with E-state index < -0.39 is 0 Å². The molecule has 1 rings (SSSR count). The quantitative estimate of drug-likeness (QED) is 0.572. The maximum atomic E-state index is 11.7. The standard InChI is InChI=1S/C16H30O/c1-3-5-11-16(17)13-12-15-10-7-6-9-14(15)8-4-2/h14-15H,3-13H2,1-2H3. The fraction of sp³-hybridized carbons (Fsp3) is 0.938. The fourth-order valence-corrected chi connectivity index (χ4v) is 3.26. The molecule has 0 radical (unpaired) electrons. The van der Waals surface area contributed by atoms with Crippen molar-refractivity contribution in [1.82, 2.24) is 0 Å². The molecule has 0 aliphatic heterocycles. The molecule has 0 N–H and O–H groups in total. The molecule has 1 nitrogen and oxygen atoms in total. The highest BCUT2D eigenvalue weighted by molar-refractivity contribution is 5.78. The van der Waals surface area contributed by atoms with Gasteiger partial charge in [0.2, 0.25) is 0 Å². The molecule has 0 bridgehead atoms. The van der Waals surface area contributed by atoms with E-state index in [1.807, 2.05) is 0 Å². The van der Waals surface area contributed by atoms with Gasteiger partial charge in [0.05, 0.1) is 0 Å². The van der Waals surface area contributed by atoms with E-state index in [0.29, 0.717) is 5.78 Å². The Morgan fingerprint density at radius 3 is 2.18 bits per heavy atom. The lowest BCUT2D eigenvalue weighted by Crippen LogP contribution is -2.20. The lowest BCUT2D eigenvalue weighted by atomic mass is 9.74. The number of ketones is 1. The first-order valence-corrected chi connectivity index (χ1v) is 7.79. The van der Waals surface area contributed by atoms with Crippen molar-refractivity contribution in [2.24, 2.45) is 11.8 Å². The number of hydrogen-bond acceptors (Lipinski definition) is 1. The minimum absolute atomic E-state index is 0.507. The number of unbranched alkanes of at least 4 members (excludes halogenated alkanes) is 1. The van der Waals surface area contributed by atoms with Gasteiger partial charge < -0.3 is 0 Å². The molecule has 0 heterocycles. The summed E-state index contributed by atoms with van der Waals surface area (Å²) in [5.74, 6) is 2.29. The molecule has 1 saturated carbocycles. The summed E-state index contributed by atoms with van der Waals surface area (Å²) in [5.41, 5.74) is 0. The van der Waals surface area contributed by atoms with E-state index in [0.717, 1.165) is 37.5 Å². The molecule has 0 aromatic carbocycles. The Morgan fingerprint density at radius 2 is 1.59 bits per heavy atom. The van der Waals surface area contributed by atoms with E-state index in [-0.39, 0.29) is 0 Å². The van der Waals surface area contributed by atoms with Gasteiger partial charge in [-0.25, -0.2) is 0 Å². The van der Waals surface area contributed by atoms with Crippen LogP contribution in [0.2, 0.25) is 0 Å². The second kappa shape index (κ2) is 8.72. The van der Waals surface area contributed by atoms with Gasteiger partial charge in [0, 0.05) is 12.8 Å². The molecule has 1 heteroatoms. The summed E-state index contributed by atoms with van der Waals surface area (Å²) in [6, 6.07) is 0. The third-order valence-electron chi connectivity index (χ3n) is 4.33. The van der Waals surface area contributed by atoms with E-state index in [9.17, 15) is 4.79 Å². The average Bonchev–Trinajstić information content (AvgIpc) is 2.35. The van der Waals surface area contributed by atoms with E-state index >= 15 is 0 Å². The van der Waals surface area contributed by atoms with Gasteiger partial charge in [0.25, 0.3) is 0 Å². The number of carbonyl (C=O) groups is 1. The molecule has 0 aromatic rings. The lowest BCUT2D eigenvalue weighted by Gasteiger charge is -2.31. The smallest absolute Gasteiger partial charge is 0.132 e. The molecular weight excluding hydrogens is 208 g/mol. The number of rotatable bonds is 8. The van der Waals surface area contributed by atoms with Gasteiger partial charge >= 0.3 is 0 Å². The second-order valence-corrected chi connectivity index (χ2v) is 5.77. The maximum Gasteiger partial charge on any atom is 0.132 e. The van der Waals surface area contributed by atoms with Crippen LogP contribution in [0.25, 0.3) is 0 Å². The summed E-state index contributed by atoms with van der Waals surface area (Å²) in [6.07, 6.45) is 13.4. The van der Waals surface area contributed by atoms with Crippen molar-refractivity contribution in [3.05, 3.63) is 0 Å². The van der Waals surface area contributed by atoms with Crippen LogP contribution in [0.1, 0.15) is 84.5 Å². The monoisotopic (exact) mass is 238 g/mol. The topological polar surface area (TPSA) is 17.1 Å². The molecule has 1 aliphatic carbocycles. The van der Waals surface area contributed by atoms with Gasteiger partial charge in [-0.2, -0.15) is 0 Å². The maximum absolute atomic E-state index is 11.7. The molecule has 17 heavy (non-hydrogen) atoms. The van der Waals surface area contributed by atoms with Crippen molar-refractivity contribution >= 4 is 5.78 Å². The number of hydrogen-bond donors (Lipinski definition) is 0. The minimum Gasteiger partial charge on any atom is -0.300 e. The molecule has 1 fully saturated rings. The summed E-state index contributed by atoms with van der Waals surface area (Å²) in [6.45, 7) is 4.45. The number of Topliss-reactive ketones (excluding diaryl/α,β-unsaturated/α-hetero) is 1. The first kappa shape index (κ1) is 14.7. The van der Waals surface area contributed by atoms with Crippen molar-refractivity contribution in [2.45, 2.75) is 84.5 Å². The third-order valence-corrected chi connectivity index (χ3v) is 4.33. The molecule has 1 aliphatic rings. The highest BCUT2D eigenvalue weighted by Gasteiger charge is 2.24. The predicted octanol–water partition coefficient (Wildman–Crippen LogP) is 5.13. The van der Waals surface area contributed by atoms with E-state index in [1.54, 1.807) is 0 Å². The van der Waals surface area contributed by atoms with Crippen molar-refractivity contribution in [1.29, 1.82) is 0 Å². The molecule has 0 aromatic heterocycles. The summed E-state index contributed by atoms with van der Waals surface area (Å²) < 4.78 is 0. The van der Waals surface area contributed by atoms with Gasteiger partial charge in [-0.3, -0.25) is 4.79 Å². The van der Waals surface area contributed by atoms with Crippen LogP contribution >= 0.6 is 0 Å². The van der Waals surface area contributed by atoms with Crippen LogP contribution in [0, 0.1) is 11.8 Å². The van der Waals surface area contributed by atoms with Gasteiger partial charge in [-0.15, -0.1) is 0 Å². The number of carbonyl (C=O) groups excluding carboxylic acids is 1. The van der Waals surface area contributed by atoms with Crippen LogP contribution in [0.5, 0.6) is 0 Å². The van der Waals surface area contributed by atoms with Crippen LogP contribution in [-0.2, 0) is 4.79 Å². The summed E-state index contributed by atoms with van der Waals surface area (Å²) in [4.78, 5) is 11.7. The Labute approximate surface area is 107 Å². The normalized spacial score (nSPS) is 24.8. The van der Waals surface area contributed by atoms with Gasteiger partial charge in [-0.05, 0) is 24.7 Å². The van der Waals surface area contributed by atoms with Crippen LogP contribution in [0.3, 0.4) is 0 Å². The van der Waals surface area contributed by atoms with E-state index in [1.165, 1.54) is 44.9 Å². The molecule has 100 valence electrons. The van der Waals surface area contributed by atoms with Crippen LogP contribution in [-0.4, -0.2) is 5.78 Å². The Hall–Kier alpha value is -0.330. The second-order valence-electron chi connectivity index (χ2n) is 5.77. The Balaban J connectivity index is 2.25. The molecule has 2 atom stereocenters. The highest BCUT2D eigenvalue weighted by Crippen LogP contribution is 2.36. The summed E-state index contributed by atoms with van der Waals surface area (Å²) in [7, 11) is 0. The largest absolute Gasteiger partial charge is 0.300 e. The highest BCUT2D eigenvalue weighted by atomic mass is 16.1. The summed E-state index contributed by atoms with van der Waals surface area (Å²) >= 11 is 0. The van der Waals surface area contributed by atoms with Gasteiger partial charge in [0.1, 0.15) is 5.78 Å². The van der Waals surface area contributed by atoms with Crippen molar-refractivity contribution < 1.29 is 4.79 Å². The molecule has 0 amide bonds. The molecule has 0 saturated heterocycles. The van der Waals surface area contributed by atoms with Crippen molar-refractivity contribution in [2.75, 3.05) is 0 Å². The molecule has 2 unspecified atom stereocenters. The SMILES string of the molecule is CCCCC(=O)CCC1CCCCC1CCC. The zero-order valence-electron chi connectivity index (χ0n) is 11.8. The fourth-order valence-electron chi connectivity index (χ4n) is 3.26. The zero-order chi connectivity index (χ0) is 12.5. The van der Waals surface area contributed by atoms with Crippen molar-refractivity contribution in [3.63, 3.8) is 0 Å². The Kier molecular flexibility index (Phi) is 7.55. The summed E-state index contributed by atoms with van der Waals surface area (Å²) in [5, 5.41) is 0. The first-order valence-electron chi connectivity index (χ1n) is 7.79. The average molecular weight is 238 g/mol. The van der Waals surface area contributed by atoms with E-state index in [2.05, 4.69) is 13.8 Å². The minimum atomic E-state index is 0.507. The molecular formula is C16H30O.